The third-order valence-electron chi connectivity index (χ3n) is 2.51. The summed E-state index contributed by atoms with van der Waals surface area (Å²) >= 11 is 0. The van der Waals surface area contributed by atoms with E-state index in [1.807, 2.05) is 25.1 Å². The molecule has 0 aliphatic rings. The molecule has 4 N–H and O–H groups in total. The first kappa shape index (κ1) is 11.3. The lowest BCUT2D eigenvalue weighted by Crippen LogP contribution is -2.05. The van der Waals surface area contributed by atoms with Crippen LogP contribution in [0.5, 0.6) is 0 Å². The van der Waals surface area contributed by atoms with E-state index >= 15 is 0 Å². The second-order valence-electron chi connectivity index (χ2n) is 3.91. The van der Waals surface area contributed by atoms with Crippen LogP contribution in [0.1, 0.15) is 17.0 Å². The van der Waals surface area contributed by atoms with Gasteiger partial charge in [0.1, 0.15) is 5.82 Å². The minimum Gasteiger partial charge on any atom is -0.383 e. The summed E-state index contributed by atoms with van der Waals surface area (Å²) in [6, 6.07) is 5.98. The highest BCUT2D eigenvalue weighted by atomic mass is 15.0. The summed E-state index contributed by atoms with van der Waals surface area (Å²) < 4.78 is 0. The fourth-order valence-electron chi connectivity index (χ4n) is 1.63. The van der Waals surface area contributed by atoms with Gasteiger partial charge < -0.3 is 11.5 Å². The Morgan fingerprint density at radius 2 is 1.94 bits per heavy atom. The predicted molar refractivity (Wildman–Crippen MR) is 67.2 cm³/mol. The second kappa shape index (κ2) is 4.78. The predicted octanol–water partition coefficient (Wildman–Crippen LogP) is 1.13. The van der Waals surface area contributed by atoms with Crippen LogP contribution in [0.2, 0.25) is 0 Å². The third kappa shape index (κ3) is 2.90. The maximum absolute atomic E-state index is 5.76. The molecule has 0 unspecified atom stereocenters. The molecule has 0 amide bonds. The summed E-state index contributed by atoms with van der Waals surface area (Å²) in [5, 5.41) is 0. The van der Waals surface area contributed by atoms with Gasteiger partial charge in [-0.2, -0.15) is 4.98 Å². The normalized spacial score (nSPS) is 10.4. The van der Waals surface area contributed by atoms with E-state index in [9.17, 15) is 0 Å². The minimum absolute atomic E-state index is 0.208. The Hall–Kier alpha value is -2.17. The van der Waals surface area contributed by atoms with Crippen molar-refractivity contribution < 1.29 is 0 Å². The van der Waals surface area contributed by atoms with Crippen LogP contribution in [-0.2, 0) is 12.8 Å². The number of aryl methyl sites for hydroxylation is 3. The van der Waals surface area contributed by atoms with Gasteiger partial charge in [0.15, 0.2) is 0 Å². The van der Waals surface area contributed by atoms with Crippen molar-refractivity contribution >= 4 is 11.8 Å². The van der Waals surface area contributed by atoms with Gasteiger partial charge in [-0.3, -0.25) is 4.98 Å². The van der Waals surface area contributed by atoms with E-state index in [-0.39, 0.29) is 5.95 Å². The van der Waals surface area contributed by atoms with Crippen molar-refractivity contribution in [1.82, 2.24) is 15.0 Å². The van der Waals surface area contributed by atoms with E-state index in [2.05, 4.69) is 15.0 Å². The molecule has 2 heterocycles. The molecular weight excluding hydrogens is 214 g/mol. The molecule has 0 fully saturated rings. The van der Waals surface area contributed by atoms with E-state index in [4.69, 9.17) is 11.5 Å². The van der Waals surface area contributed by atoms with Crippen LogP contribution >= 0.6 is 0 Å². The first-order chi connectivity index (χ1) is 8.15. The Morgan fingerprint density at radius 3 is 2.65 bits per heavy atom. The number of rotatable bonds is 3. The maximum atomic E-state index is 5.76. The zero-order valence-corrected chi connectivity index (χ0v) is 9.72. The van der Waals surface area contributed by atoms with Gasteiger partial charge in [-0.15, -0.1) is 0 Å². The Labute approximate surface area is 99.9 Å². The van der Waals surface area contributed by atoms with Crippen molar-refractivity contribution in [1.29, 1.82) is 0 Å². The van der Waals surface area contributed by atoms with Crippen LogP contribution < -0.4 is 11.5 Å². The lowest BCUT2D eigenvalue weighted by atomic mass is 10.1. The van der Waals surface area contributed by atoms with Gasteiger partial charge in [0, 0.05) is 23.1 Å². The highest BCUT2D eigenvalue weighted by Crippen LogP contribution is 2.11. The zero-order chi connectivity index (χ0) is 12.3. The number of hydrogen-bond acceptors (Lipinski definition) is 5. The highest BCUT2D eigenvalue weighted by Gasteiger charge is 2.03. The molecule has 2 aromatic heterocycles. The Morgan fingerprint density at radius 1 is 1.12 bits per heavy atom. The van der Waals surface area contributed by atoms with E-state index in [1.165, 1.54) is 0 Å². The van der Waals surface area contributed by atoms with Crippen molar-refractivity contribution in [3.8, 4) is 0 Å². The summed E-state index contributed by atoms with van der Waals surface area (Å²) in [5.41, 5.74) is 14.2. The summed E-state index contributed by atoms with van der Waals surface area (Å²) in [7, 11) is 0. The van der Waals surface area contributed by atoms with Crippen LogP contribution in [0.15, 0.2) is 24.4 Å². The van der Waals surface area contributed by atoms with Gasteiger partial charge in [0.25, 0.3) is 0 Å². The van der Waals surface area contributed by atoms with Gasteiger partial charge in [-0.25, -0.2) is 4.98 Å². The maximum Gasteiger partial charge on any atom is 0.221 e. The van der Waals surface area contributed by atoms with Crippen LogP contribution in [-0.4, -0.2) is 15.0 Å². The van der Waals surface area contributed by atoms with Crippen LogP contribution in [0.25, 0.3) is 0 Å². The average Bonchev–Trinajstić information content (AvgIpc) is 2.28. The quantitative estimate of drug-likeness (QED) is 0.823. The largest absolute Gasteiger partial charge is 0.383 e. The fraction of sp³-hybridized carbons (Fsp3) is 0.250. The van der Waals surface area contributed by atoms with E-state index < -0.39 is 0 Å². The highest BCUT2D eigenvalue weighted by molar-refractivity contribution is 5.41. The number of pyridine rings is 1. The molecule has 0 radical (unpaired) electrons. The molecule has 5 nitrogen and oxygen atoms in total. The van der Waals surface area contributed by atoms with Crippen molar-refractivity contribution in [2.75, 3.05) is 11.5 Å². The van der Waals surface area contributed by atoms with Gasteiger partial charge in [-0.05, 0) is 31.9 Å². The number of hydrogen-bond donors (Lipinski definition) is 2. The van der Waals surface area contributed by atoms with Crippen LogP contribution in [0, 0.1) is 6.92 Å². The number of aromatic nitrogens is 3. The monoisotopic (exact) mass is 229 g/mol. The number of nitrogens with zero attached hydrogens (tertiary/aromatic N) is 3. The topological polar surface area (TPSA) is 90.7 Å². The summed E-state index contributed by atoms with van der Waals surface area (Å²) in [5.74, 6) is 0.657. The molecule has 0 aromatic carbocycles. The van der Waals surface area contributed by atoms with Crippen molar-refractivity contribution in [2.24, 2.45) is 0 Å². The van der Waals surface area contributed by atoms with Crippen molar-refractivity contribution in [2.45, 2.75) is 19.8 Å². The Bertz CT molecular complexity index is 524. The smallest absolute Gasteiger partial charge is 0.221 e. The van der Waals surface area contributed by atoms with Gasteiger partial charge in [-0.1, -0.05) is 6.07 Å². The molecular formula is C12H15N5. The van der Waals surface area contributed by atoms with E-state index in [1.54, 1.807) is 6.20 Å². The Kier molecular flexibility index (Phi) is 3.18. The number of nitrogens with two attached hydrogens (primary N) is 2. The van der Waals surface area contributed by atoms with Crippen LogP contribution in [0.4, 0.5) is 11.8 Å². The first-order valence-corrected chi connectivity index (χ1v) is 5.44. The lowest BCUT2D eigenvalue weighted by molar-refractivity contribution is 0.893. The molecule has 0 saturated heterocycles. The number of nitrogen functional groups attached to an aromatic ring is 2. The van der Waals surface area contributed by atoms with Crippen LogP contribution in [0.3, 0.4) is 0 Å². The standard InChI is InChI=1S/C12H15N5/c1-8-3-2-4-10(16-8)6-5-9-7-15-12(14)17-11(9)13/h2-4,7H,5-6H2,1H3,(H4,13,14,15,17). The molecule has 0 bridgehead atoms. The molecule has 17 heavy (non-hydrogen) atoms. The molecule has 0 aliphatic carbocycles. The van der Waals surface area contributed by atoms with E-state index in [0.29, 0.717) is 5.82 Å². The summed E-state index contributed by atoms with van der Waals surface area (Å²) in [6.45, 7) is 1.98. The van der Waals surface area contributed by atoms with Gasteiger partial charge >= 0.3 is 0 Å². The SMILES string of the molecule is Cc1cccc(CCc2cnc(N)nc2N)n1. The summed E-state index contributed by atoms with van der Waals surface area (Å²) in [4.78, 5) is 12.3. The minimum atomic E-state index is 0.208. The van der Waals surface area contributed by atoms with Crippen molar-refractivity contribution in [3.05, 3.63) is 41.3 Å². The van der Waals surface area contributed by atoms with E-state index in [0.717, 1.165) is 29.8 Å². The van der Waals surface area contributed by atoms with Gasteiger partial charge in [0.2, 0.25) is 5.95 Å². The molecule has 0 atom stereocenters. The molecule has 5 heteroatoms. The molecule has 88 valence electrons. The second-order valence-corrected chi connectivity index (χ2v) is 3.91. The molecule has 0 saturated carbocycles. The third-order valence-corrected chi connectivity index (χ3v) is 2.51. The molecule has 0 aliphatic heterocycles. The summed E-state index contributed by atoms with van der Waals surface area (Å²) in [6.07, 6.45) is 3.26. The Balaban J connectivity index is 2.07. The molecule has 2 rings (SSSR count). The van der Waals surface area contributed by atoms with Crippen molar-refractivity contribution in [3.63, 3.8) is 0 Å². The lowest BCUT2D eigenvalue weighted by Gasteiger charge is -2.05. The molecule has 0 spiro atoms. The molecule has 2 aromatic rings. The zero-order valence-electron chi connectivity index (χ0n) is 9.72. The van der Waals surface area contributed by atoms with Gasteiger partial charge in [0.05, 0.1) is 0 Å². The fourth-order valence-corrected chi connectivity index (χ4v) is 1.63. The average molecular weight is 229 g/mol. The number of anilines is 2. The first-order valence-electron chi connectivity index (χ1n) is 5.44.